The fraction of sp³-hybridized carbons (Fsp3) is 0.300. The SMILES string of the molecule is CC#N.Cc1ccccc1CO. The van der Waals surface area contributed by atoms with Gasteiger partial charge in [0.05, 0.1) is 12.7 Å². The van der Waals surface area contributed by atoms with E-state index in [4.69, 9.17) is 10.4 Å². The average Bonchev–Trinajstić information content (AvgIpc) is 2.07. The second-order valence-corrected chi connectivity index (χ2v) is 2.31. The summed E-state index contributed by atoms with van der Waals surface area (Å²) in [5.41, 5.74) is 2.16. The molecule has 0 radical (unpaired) electrons. The Morgan fingerprint density at radius 1 is 1.42 bits per heavy atom. The molecular formula is C10H13NO. The van der Waals surface area contributed by atoms with Gasteiger partial charge in [-0.3, -0.25) is 0 Å². The van der Waals surface area contributed by atoms with Gasteiger partial charge in [-0.05, 0) is 18.1 Å². The number of rotatable bonds is 1. The van der Waals surface area contributed by atoms with E-state index in [-0.39, 0.29) is 6.61 Å². The zero-order valence-corrected chi connectivity index (χ0v) is 7.41. The topological polar surface area (TPSA) is 44.0 Å². The van der Waals surface area contributed by atoms with Crippen molar-refractivity contribution in [1.29, 1.82) is 5.26 Å². The Morgan fingerprint density at radius 3 is 2.25 bits per heavy atom. The normalized spacial score (nSPS) is 7.83. The van der Waals surface area contributed by atoms with Gasteiger partial charge in [-0.25, -0.2) is 0 Å². The number of aliphatic hydroxyl groups is 1. The standard InChI is InChI=1S/C8H10O.C2H3N/c1-7-4-2-3-5-8(7)6-9;1-2-3/h2-5,9H,6H2,1H3;1H3. The zero-order chi connectivity index (χ0) is 9.40. The molecule has 1 N–H and O–H groups in total. The zero-order valence-electron chi connectivity index (χ0n) is 7.41. The summed E-state index contributed by atoms with van der Waals surface area (Å²) in [6.45, 7) is 3.57. The molecule has 0 unspecified atom stereocenters. The molecule has 0 saturated carbocycles. The summed E-state index contributed by atoms with van der Waals surface area (Å²) in [5, 5.41) is 16.0. The van der Waals surface area contributed by atoms with E-state index in [0.29, 0.717) is 0 Å². The summed E-state index contributed by atoms with van der Waals surface area (Å²) in [4.78, 5) is 0. The van der Waals surface area contributed by atoms with E-state index in [1.807, 2.05) is 31.2 Å². The second-order valence-electron chi connectivity index (χ2n) is 2.31. The quantitative estimate of drug-likeness (QED) is 0.688. The summed E-state index contributed by atoms with van der Waals surface area (Å²) in [6.07, 6.45) is 0. The predicted molar refractivity (Wildman–Crippen MR) is 48.4 cm³/mol. The minimum absolute atomic E-state index is 0.146. The van der Waals surface area contributed by atoms with Crippen LogP contribution < -0.4 is 0 Å². The highest BCUT2D eigenvalue weighted by molar-refractivity contribution is 5.24. The third-order valence-electron chi connectivity index (χ3n) is 1.43. The highest BCUT2D eigenvalue weighted by Crippen LogP contribution is 2.05. The van der Waals surface area contributed by atoms with E-state index < -0.39 is 0 Å². The van der Waals surface area contributed by atoms with Gasteiger partial charge in [0.15, 0.2) is 0 Å². The molecule has 0 amide bonds. The first-order valence-corrected chi connectivity index (χ1v) is 3.72. The van der Waals surface area contributed by atoms with Crippen molar-refractivity contribution in [3.8, 4) is 6.07 Å². The summed E-state index contributed by atoms with van der Waals surface area (Å²) in [5.74, 6) is 0. The maximum absolute atomic E-state index is 8.72. The van der Waals surface area contributed by atoms with Crippen molar-refractivity contribution in [2.75, 3.05) is 0 Å². The molecule has 2 heteroatoms. The van der Waals surface area contributed by atoms with E-state index in [1.165, 1.54) is 6.92 Å². The van der Waals surface area contributed by atoms with E-state index in [1.54, 1.807) is 6.07 Å². The molecule has 12 heavy (non-hydrogen) atoms. The molecule has 64 valence electrons. The van der Waals surface area contributed by atoms with Crippen LogP contribution in [0.1, 0.15) is 18.1 Å². The van der Waals surface area contributed by atoms with Crippen molar-refractivity contribution in [3.63, 3.8) is 0 Å². The molecule has 0 saturated heterocycles. The number of aryl methyl sites for hydroxylation is 1. The minimum Gasteiger partial charge on any atom is -0.392 e. The van der Waals surface area contributed by atoms with E-state index >= 15 is 0 Å². The van der Waals surface area contributed by atoms with Gasteiger partial charge in [0, 0.05) is 6.92 Å². The van der Waals surface area contributed by atoms with Crippen LogP contribution in [0.25, 0.3) is 0 Å². The Labute approximate surface area is 73.1 Å². The van der Waals surface area contributed by atoms with Crippen LogP contribution in [-0.4, -0.2) is 5.11 Å². The molecule has 0 atom stereocenters. The number of nitrogens with zero attached hydrogens (tertiary/aromatic N) is 1. The number of benzene rings is 1. The van der Waals surface area contributed by atoms with Gasteiger partial charge in [0.2, 0.25) is 0 Å². The lowest BCUT2D eigenvalue weighted by Crippen LogP contribution is -1.85. The summed E-state index contributed by atoms with van der Waals surface area (Å²) >= 11 is 0. The molecule has 1 rings (SSSR count). The van der Waals surface area contributed by atoms with Crippen LogP contribution in [0.5, 0.6) is 0 Å². The third kappa shape index (κ3) is 3.75. The number of hydrogen-bond donors (Lipinski definition) is 1. The van der Waals surface area contributed by atoms with Crippen molar-refractivity contribution in [2.45, 2.75) is 20.5 Å². The molecule has 0 bridgehead atoms. The van der Waals surface area contributed by atoms with Gasteiger partial charge < -0.3 is 5.11 Å². The Morgan fingerprint density at radius 2 is 1.92 bits per heavy atom. The molecule has 0 aromatic heterocycles. The van der Waals surface area contributed by atoms with Crippen molar-refractivity contribution in [3.05, 3.63) is 35.4 Å². The van der Waals surface area contributed by atoms with Crippen LogP contribution in [0, 0.1) is 18.3 Å². The smallest absolute Gasteiger partial charge is 0.0684 e. The van der Waals surface area contributed by atoms with Gasteiger partial charge >= 0.3 is 0 Å². The lowest BCUT2D eigenvalue weighted by molar-refractivity contribution is 0.281. The number of nitriles is 1. The molecular weight excluding hydrogens is 150 g/mol. The molecule has 1 aromatic carbocycles. The first-order valence-electron chi connectivity index (χ1n) is 3.72. The molecule has 0 spiro atoms. The van der Waals surface area contributed by atoms with Gasteiger partial charge in [0.25, 0.3) is 0 Å². The lowest BCUT2D eigenvalue weighted by atomic mass is 10.1. The highest BCUT2D eigenvalue weighted by atomic mass is 16.3. The van der Waals surface area contributed by atoms with Crippen LogP contribution >= 0.6 is 0 Å². The molecule has 0 fully saturated rings. The van der Waals surface area contributed by atoms with Crippen LogP contribution in [0.4, 0.5) is 0 Å². The number of hydrogen-bond acceptors (Lipinski definition) is 2. The second kappa shape index (κ2) is 6.38. The fourth-order valence-corrected chi connectivity index (χ4v) is 0.787. The number of aliphatic hydroxyl groups excluding tert-OH is 1. The fourth-order valence-electron chi connectivity index (χ4n) is 0.787. The maximum atomic E-state index is 8.72. The minimum atomic E-state index is 0.146. The van der Waals surface area contributed by atoms with Crippen molar-refractivity contribution in [2.24, 2.45) is 0 Å². The summed E-state index contributed by atoms with van der Waals surface area (Å²) < 4.78 is 0. The van der Waals surface area contributed by atoms with Gasteiger partial charge in [0.1, 0.15) is 0 Å². The van der Waals surface area contributed by atoms with Crippen LogP contribution in [0.3, 0.4) is 0 Å². The van der Waals surface area contributed by atoms with Gasteiger partial charge in [-0.2, -0.15) is 5.26 Å². The Bertz CT molecular complexity index is 263. The van der Waals surface area contributed by atoms with Gasteiger partial charge in [-0.15, -0.1) is 0 Å². The Hall–Kier alpha value is -1.33. The third-order valence-corrected chi connectivity index (χ3v) is 1.43. The summed E-state index contributed by atoms with van der Waals surface area (Å²) in [7, 11) is 0. The average molecular weight is 163 g/mol. The molecule has 0 aliphatic rings. The summed E-state index contributed by atoms with van der Waals surface area (Å²) in [6, 6.07) is 9.56. The Balaban J connectivity index is 0.000000354. The monoisotopic (exact) mass is 163 g/mol. The molecule has 0 aliphatic heterocycles. The molecule has 2 nitrogen and oxygen atoms in total. The molecule has 0 aliphatic carbocycles. The van der Waals surface area contributed by atoms with Crippen LogP contribution in [0.15, 0.2) is 24.3 Å². The maximum Gasteiger partial charge on any atom is 0.0684 e. The Kier molecular flexibility index (Phi) is 5.68. The first kappa shape index (κ1) is 10.7. The largest absolute Gasteiger partial charge is 0.392 e. The lowest BCUT2D eigenvalue weighted by Gasteiger charge is -1.97. The first-order chi connectivity index (χ1) is 5.76. The molecule has 1 aromatic rings. The predicted octanol–water partition coefficient (Wildman–Crippen LogP) is 2.02. The van der Waals surface area contributed by atoms with Crippen LogP contribution in [-0.2, 0) is 6.61 Å². The van der Waals surface area contributed by atoms with Gasteiger partial charge in [-0.1, -0.05) is 24.3 Å². The van der Waals surface area contributed by atoms with E-state index in [0.717, 1.165) is 11.1 Å². The van der Waals surface area contributed by atoms with Crippen LogP contribution in [0.2, 0.25) is 0 Å². The van der Waals surface area contributed by atoms with E-state index in [2.05, 4.69) is 0 Å². The van der Waals surface area contributed by atoms with Crippen molar-refractivity contribution >= 4 is 0 Å². The van der Waals surface area contributed by atoms with Crippen molar-refractivity contribution < 1.29 is 5.11 Å². The van der Waals surface area contributed by atoms with E-state index in [9.17, 15) is 0 Å². The molecule has 0 heterocycles. The van der Waals surface area contributed by atoms with Crippen molar-refractivity contribution in [1.82, 2.24) is 0 Å². The highest BCUT2D eigenvalue weighted by Gasteiger charge is 1.90.